The smallest absolute Gasteiger partial charge is 0.370 e. The van der Waals surface area contributed by atoms with Crippen LogP contribution in [0, 0.1) is 24.7 Å². The molecule has 25 heteroatoms. The summed E-state index contributed by atoms with van der Waals surface area (Å²) >= 11 is 0.923. The van der Waals surface area contributed by atoms with Gasteiger partial charge in [0.15, 0.2) is 0 Å². The van der Waals surface area contributed by atoms with Crippen LogP contribution in [0.25, 0.3) is 10.1 Å². The van der Waals surface area contributed by atoms with Gasteiger partial charge in [-0.25, -0.2) is 0 Å². The topological polar surface area (TPSA) is 298 Å². The Morgan fingerprint density at radius 1 is 0.916 bits per heavy atom. The van der Waals surface area contributed by atoms with E-state index >= 15 is 0 Å². The maximum atomic E-state index is 14.6. The summed E-state index contributed by atoms with van der Waals surface area (Å²) in [6.07, 6.45) is 3.75. The number of hydrogen-bond donors (Lipinski definition) is 7. The van der Waals surface area contributed by atoms with Crippen molar-refractivity contribution in [2.24, 2.45) is 11.7 Å². The average molecular weight is 1180 g/mol. The number of amides is 9. The first-order chi connectivity index (χ1) is 39.4. The minimum atomic E-state index is -5.87. The van der Waals surface area contributed by atoms with Gasteiger partial charge in [-0.3, -0.25) is 53.0 Å². The Morgan fingerprint density at radius 3 is 2.37 bits per heavy atom. The van der Waals surface area contributed by atoms with E-state index in [-0.39, 0.29) is 85.5 Å². The molecule has 3 aromatic carbocycles. The van der Waals surface area contributed by atoms with E-state index in [4.69, 9.17) is 5.73 Å². The number of fused-ring (bicyclic) bond motifs is 3. The molecule has 0 aliphatic carbocycles. The Balaban J connectivity index is 0.841. The van der Waals surface area contributed by atoms with Gasteiger partial charge >= 0.3 is 13.3 Å². The Hall–Kier alpha value is -7.42. The van der Waals surface area contributed by atoms with Crippen LogP contribution < -0.4 is 27.0 Å². The number of likely N-dealkylation sites (tertiary alicyclic amines) is 1. The third-order valence-corrected chi connectivity index (χ3v) is 18.5. The number of alkyl halides is 2. The number of nitrogens with zero attached hydrogens (tertiary/aromatic N) is 4. The van der Waals surface area contributed by atoms with Crippen LogP contribution in [0.2, 0.25) is 0 Å². The highest BCUT2D eigenvalue weighted by molar-refractivity contribution is 7.52. The van der Waals surface area contributed by atoms with Gasteiger partial charge in [0.2, 0.25) is 41.4 Å². The molecular weight excluding hydrogens is 1120 g/mol. The van der Waals surface area contributed by atoms with Gasteiger partial charge < -0.3 is 51.1 Å². The number of rotatable bonds is 17. The predicted molar refractivity (Wildman–Crippen MR) is 300 cm³/mol. The maximum Gasteiger partial charge on any atom is 0.399 e. The SMILES string of the molecule is Cc1ccc(C[C@H](NC(=O)[C@H](CCC(N)=O)NC(=O)[C@@H]2CC[C@@H]3CCN(C)C[C@H](NC(=O)c4cc5cc(C(F)(F)P(=O)(O)O)ccc5s4)C(=O)N32)C(=O)N2CCC(CCC#Cc3cccc4c3CN(C3CCC(=O)NC3=O)C4=O)CC2)cc1. The number of benzene rings is 3. The number of hydrogen-bond acceptors (Lipinski definition) is 12. The van der Waals surface area contributed by atoms with E-state index in [1.807, 2.05) is 42.2 Å². The van der Waals surface area contributed by atoms with Crippen LogP contribution in [0.3, 0.4) is 0 Å². The summed E-state index contributed by atoms with van der Waals surface area (Å²) in [6.45, 7) is 3.47. The first-order valence-electron chi connectivity index (χ1n) is 27.7. The van der Waals surface area contributed by atoms with Crippen LogP contribution in [-0.4, -0.2) is 152 Å². The molecule has 440 valence electrons. The Labute approximate surface area is 481 Å². The van der Waals surface area contributed by atoms with Gasteiger partial charge in [-0.15, -0.1) is 11.3 Å². The van der Waals surface area contributed by atoms with E-state index in [0.717, 1.165) is 46.6 Å². The van der Waals surface area contributed by atoms with Crippen molar-refractivity contribution < 1.29 is 66.3 Å². The molecule has 6 atom stereocenters. The molecule has 0 radical (unpaired) electrons. The summed E-state index contributed by atoms with van der Waals surface area (Å²) in [6, 6.07) is 11.2. The second-order valence-electron chi connectivity index (χ2n) is 22.2. The summed E-state index contributed by atoms with van der Waals surface area (Å²) in [7, 11) is -4.09. The third-order valence-electron chi connectivity index (χ3n) is 16.4. The van der Waals surface area contributed by atoms with Gasteiger partial charge in [0.05, 0.1) is 4.88 Å². The molecule has 4 fully saturated rings. The number of nitrogens with one attached hydrogen (secondary N) is 4. The second-order valence-corrected chi connectivity index (χ2v) is 24.9. The molecule has 4 aromatic rings. The molecule has 0 saturated carbocycles. The lowest BCUT2D eigenvalue weighted by molar-refractivity contribution is -0.144. The second kappa shape index (κ2) is 25.2. The summed E-state index contributed by atoms with van der Waals surface area (Å²) < 4.78 is 41.1. The molecule has 9 amide bonds. The highest BCUT2D eigenvalue weighted by Crippen LogP contribution is 2.59. The van der Waals surface area contributed by atoms with E-state index in [2.05, 4.69) is 33.1 Å². The number of aryl methyl sites for hydroxylation is 1. The van der Waals surface area contributed by atoms with Crippen molar-refractivity contribution >= 4 is 82.2 Å². The van der Waals surface area contributed by atoms with E-state index in [0.29, 0.717) is 67.6 Å². The number of thiophene rings is 1. The summed E-state index contributed by atoms with van der Waals surface area (Å²) in [5.41, 5.74) is 3.83. The number of halogens is 2. The monoisotopic (exact) mass is 1180 g/mol. The van der Waals surface area contributed by atoms with Crippen molar-refractivity contribution in [2.45, 2.75) is 132 Å². The third kappa shape index (κ3) is 13.7. The molecule has 1 unspecified atom stereocenters. The van der Waals surface area contributed by atoms with Crippen molar-refractivity contribution in [1.82, 2.24) is 40.9 Å². The zero-order chi connectivity index (χ0) is 59.5. The van der Waals surface area contributed by atoms with Crippen molar-refractivity contribution in [2.75, 3.05) is 33.2 Å². The van der Waals surface area contributed by atoms with Crippen LogP contribution in [0.15, 0.2) is 66.7 Å². The molecule has 8 N–H and O–H groups in total. The van der Waals surface area contributed by atoms with Crippen molar-refractivity contribution in [3.63, 3.8) is 0 Å². The van der Waals surface area contributed by atoms with Gasteiger partial charge in [0, 0.05) is 79.3 Å². The van der Waals surface area contributed by atoms with Gasteiger partial charge in [0.1, 0.15) is 30.2 Å². The molecule has 6 heterocycles. The Bertz CT molecular complexity index is 3350. The number of imide groups is 1. The fourth-order valence-electron chi connectivity index (χ4n) is 11.7. The standard InChI is InChI=1S/C58H66F2N9O12PS/c1-33-10-12-35(13-11-33)28-43(56(77)67-26-22-34(23-27-67)6-3-4-7-36-8-5-9-40-41(36)31-68(55(40)76)45-18-21-50(71)65-52(45)73)63-51(72)42(16-20-49(61)70)62-53(74)46-17-15-39-24-25-66(2)32-44(57(78)69(39)46)64-54(75)48-30-37-29-38(14-19-47(37)83-48)58(59,60)82(79,80)81/h5,8-14,19,29-30,34,39,42-46H,3,6,15-18,20-28,31-32H2,1-2H3,(H2,61,70)(H,62,74)(H,63,72)(H,64,75)(H,65,71,73)(H2,79,80,81)/t39-,42+,43+,44+,45?,46+/m1/s1. The summed E-state index contributed by atoms with van der Waals surface area (Å²) in [4.78, 5) is 147. The van der Waals surface area contributed by atoms with Crippen LogP contribution in [0.5, 0.6) is 0 Å². The van der Waals surface area contributed by atoms with Crippen LogP contribution in [0.1, 0.15) is 118 Å². The molecule has 83 heavy (non-hydrogen) atoms. The zero-order valence-corrected chi connectivity index (χ0v) is 47.6. The minimum absolute atomic E-state index is 0.0314. The Morgan fingerprint density at radius 2 is 1.66 bits per heavy atom. The number of nitrogens with two attached hydrogens (primary N) is 1. The zero-order valence-electron chi connectivity index (χ0n) is 45.9. The normalized spacial score (nSPS) is 21.4. The molecule has 21 nitrogen and oxygen atoms in total. The van der Waals surface area contributed by atoms with Crippen molar-refractivity contribution in [3.05, 3.63) is 105 Å². The quantitative estimate of drug-likeness (QED) is 0.0453. The molecule has 0 spiro atoms. The minimum Gasteiger partial charge on any atom is -0.370 e. The van der Waals surface area contributed by atoms with Crippen LogP contribution in [0.4, 0.5) is 8.78 Å². The largest absolute Gasteiger partial charge is 0.399 e. The van der Waals surface area contributed by atoms with Gasteiger partial charge in [-0.1, -0.05) is 53.8 Å². The molecule has 9 rings (SSSR count). The number of likely N-dealkylation sites (N-methyl/N-ethyl adjacent to an activating group) is 1. The summed E-state index contributed by atoms with van der Waals surface area (Å²) in [5.74, 6) is 1.80. The number of carbonyl (C=O) groups is 9. The molecular formula is C58H66F2N9O12PS. The lowest BCUT2D eigenvalue weighted by atomic mass is 9.91. The predicted octanol–water partition coefficient (Wildman–Crippen LogP) is 3.54. The summed E-state index contributed by atoms with van der Waals surface area (Å²) in [5, 5.41) is 10.9. The van der Waals surface area contributed by atoms with E-state index in [1.54, 1.807) is 24.1 Å². The molecule has 1 aromatic heterocycles. The van der Waals surface area contributed by atoms with Crippen LogP contribution >= 0.6 is 18.9 Å². The number of piperidine rings is 2. The molecule has 5 aliphatic heterocycles. The maximum absolute atomic E-state index is 14.6. The fourth-order valence-corrected chi connectivity index (χ4v) is 13.1. The van der Waals surface area contributed by atoms with Gasteiger partial charge in [-0.05, 0) is 125 Å². The molecule has 0 bridgehead atoms. The highest BCUT2D eigenvalue weighted by Gasteiger charge is 2.51. The van der Waals surface area contributed by atoms with Crippen LogP contribution in [-0.2, 0) is 56.8 Å². The lowest BCUT2D eigenvalue weighted by Gasteiger charge is -2.38. The first kappa shape index (κ1) is 60.2. The van der Waals surface area contributed by atoms with Gasteiger partial charge in [-0.2, -0.15) is 8.78 Å². The average Bonchev–Trinajstić information content (AvgIpc) is 3.58. The van der Waals surface area contributed by atoms with Gasteiger partial charge in [0.25, 0.3) is 11.8 Å². The highest BCUT2D eigenvalue weighted by atomic mass is 32.1. The van der Waals surface area contributed by atoms with E-state index in [1.165, 1.54) is 21.9 Å². The first-order valence-corrected chi connectivity index (χ1v) is 30.2. The number of primary amides is 1. The molecule has 4 saturated heterocycles. The Kier molecular flexibility index (Phi) is 18.3. The number of carbonyl (C=O) groups excluding carboxylic acids is 9. The molecule has 5 aliphatic rings. The van der Waals surface area contributed by atoms with E-state index < -0.39 is 90.5 Å². The fraction of sp³-hybridized carbons (Fsp3) is 0.466. The van der Waals surface area contributed by atoms with Crippen molar-refractivity contribution in [3.8, 4) is 11.8 Å². The van der Waals surface area contributed by atoms with Crippen molar-refractivity contribution in [1.29, 1.82) is 0 Å². The van der Waals surface area contributed by atoms with E-state index in [9.17, 15) is 66.3 Å². The lowest BCUT2D eigenvalue weighted by Crippen LogP contribution is -2.61.